The van der Waals surface area contributed by atoms with Crippen LogP contribution in [0.2, 0.25) is 10.0 Å². The summed E-state index contributed by atoms with van der Waals surface area (Å²) in [6.45, 7) is 0.268. The lowest BCUT2D eigenvalue weighted by atomic mass is 10.2. The maximum absolute atomic E-state index is 12.3. The van der Waals surface area contributed by atoms with Gasteiger partial charge in [0.25, 0.3) is 15.9 Å². The summed E-state index contributed by atoms with van der Waals surface area (Å²) in [5.74, 6) is -0.519. The van der Waals surface area contributed by atoms with E-state index in [-0.39, 0.29) is 17.4 Å². The quantitative estimate of drug-likeness (QED) is 0.869. The molecule has 1 heterocycles. The van der Waals surface area contributed by atoms with E-state index in [9.17, 15) is 13.2 Å². The number of rotatable bonds is 5. The zero-order chi connectivity index (χ0) is 17.2. The van der Waals surface area contributed by atoms with E-state index in [0.717, 1.165) is 5.56 Å². The third-order valence-electron chi connectivity index (χ3n) is 3.08. The Morgan fingerprint density at radius 1 is 1.22 bits per heavy atom. The Labute approximate surface area is 144 Å². The van der Waals surface area contributed by atoms with Crippen LogP contribution in [0.25, 0.3) is 0 Å². The predicted octanol–water partition coefficient (Wildman–Crippen LogP) is 2.77. The molecule has 0 bridgehead atoms. The van der Waals surface area contributed by atoms with Crippen LogP contribution in [-0.2, 0) is 16.6 Å². The van der Waals surface area contributed by atoms with Gasteiger partial charge in [0, 0.05) is 13.6 Å². The predicted molar refractivity (Wildman–Crippen MR) is 87.2 cm³/mol. The van der Waals surface area contributed by atoms with Gasteiger partial charge < -0.3 is 9.32 Å². The van der Waals surface area contributed by atoms with Crippen LogP contribution in [0.3, 0.4) is 0 Å². The van der Waals surface area contributed by atoms with Crippen molar-refractivity contribution >= 4 is 39.1 Å². The van der Waals surface area contributed by atoms with Crippen molar-refractivity contribution in [2.75, 3.05) is 14.1 Å². The van der Waals surface area contributed by atoms with Gasteiger partial charge in [-0.25, -0.2) is 13.1 Å². The summed E-state index contributed by atoms with van der Waals surface area (Å²) in [5, 5.41) is 0.508. The molecule has 0 fully saturated rings. The van der Waals surface area contributed by atoms with E-state index < -0.39 is 15.9 Å². The minimum absolute atomic E-state index is 0.0682. The van der Waals surface area contributed by atoms with Gasteiger partial charge in [0.1, 0.15) is 0 Å². The number of amides is 1. The summed E-state index contributed by atoms with van der Waals surface area (Å²) in [6.07, 6.45) is 0. The molecule has 1 aromatic carbocycles. The Hall–Kier alpha value is -1.54. The summed E-state index contributed by atoms with van der Waals surface area (Å²) >= 11 is 11.8. The van der Waals surface area contributed by atoms with E-state index in [1.165, 1.54) is 24.1 Å². The second-order valence-corrected chi connectivity index (χ2v) is 7.37. The van der Waals surface area contributed by atoms with E-state index in [1.54, 1.807) is 25.2 Å². The Morgan fingerprint density at radius 3 is 2.52 bits per heavy atom. The van der Waals surface area contributed by atoms with Gasteiger partial charge in [-0.15, -0.1) is 0 Å². The molecule has 124 valence electrons. The monoisotopic (exact) mass is 376 g/mol. The lowest BCUT2D eigenvalue weighted by Gasteiger charge is -2.16. The van der Waals surface area contributed by atoms with Gasteiger partial charge in [-0.2, -0.15) is 0 Å². The molecule has 0 aliphatic rings. The Bertz CT molecular complexity index is 833. The Kier molecular flexibility index (Phi) is 5.36. The molecule has 0 unspecified atom stereocenters. The molecule has 0 saturated carbocycles. The molecule has 0 spiro atoms. The lowest BCUT2D eigenvalue weighted by molar-refractivity contribution is 0.0747. The van der Waals surface area contributed by atoms with Gasteiger partial charge in [0.2, 0.25) is 5.09 Å². The SMILES string of the molecule is CNS(=O)(=O)c1ccc(C(=O)N(C)Cc2ccc(Cl)c(Cl)c2)o1. The molecule has 23 heavy (non-hydrogen) atoms. The second kappa shape index (κ2) is 6.92. The third kappa shape index (κ3) is 4.06. The molecule has 2 rings (SSSR count). The first kappa shape index (κ1) is 17.8. The van der Waals surface area contributed by atoms with Gasteiger partial charge in [-0.1, -0.05) is 29.3 Å². The molecule has 2 aromatic rings. The molecule has 9 heteroatoms. The number of benzene rings is 1. The minimum atomic E-state index is -3.73. The van der Waals surface area contributed by atoms with Crippen LogP contribution in [0, 0.1) is 0 Å². The molecule has 1 aromatic heterocycles. The number of carbonyl (C=O) groups is 1. The molecule has 0 aliphatic carbocycles. The van der Waals surface area contributed by atoms with Crippen LogP contribution in [0.15, 0.2) is 39.8 Å². The Morgan fingerprint density at radius 2 is 1.91 bits per heavy atom. The van der Waals surface area contributed by atoms with E-state index in [1.807, 2.05) is 0 Å². The van der Waals surface area contributed by atoms with E-state index in [2.05, 4.69) is 4.72 Å². The fraction of sp³-hybridized carbons (Fsp3) is 0.214. The van der Waals surface area contributed by atoms with Gasteiger partial charge in [-0.05, 0) is 36.9 Å². The highest BCUT2D eigenvalue weighted by Gasteiger charge is 2.21. The first-order chi connectivity index (χ1) is 10.7. The highest BCUT2D eigenvalue weighted by atomic mass is 35.5. The summed E-state index contributed by atoms with van der Waals surface area (Å²) < 4.78 is 30.5. The van der Waals surface area contributed by atoms with Crippen molar-refractivity contribution in [3.63, 3.8) is 0 Å². The molecule has 1 N–H and O–H groups in total. The van der Waals surface area contributed by atoms with Crippen molar-refractivity contribution < 1.29 is 17.6 Å². The van der Waals surface area contributed by atoms with Crippen LogP contribution in [0.5, 0.6) is 0 Å². The van der Waals surface area contributed by atoms with Crippen molar-refractivity contribution in [1.29, 1.82) is 0 Å². The smallest absolute Gasteiger partial charge is 0.289 e. The van der Waals surface area contributed by atoms with Gasteiger partial charge in [-0.3, -0.25) is 4.79 Å². The average molecular weight is 377 g/mol. The number of nitrogens with zero attached hydrogens (tertiary/aromatic N) is 1. The third-order valence-corrected chi connectivity index (χ3v) is 5.10. The first-order valence-corrected chi connectivity index (χ1v) is 8.71. The zero-order valence-corrected chi connectivity index (χ0v) is 14.7. The fourth-order valence-electron chi connectivity index (χ4n) is 1.85. The fourth-order valence-corrected chi connectivity index (χ4v) is 2.82. The number of nitrogens with one attached hydrogen (secondary N) is 1. The van der Waals surface area contributed by atoms with Gasteiger partial charge in [0.15, 0.2) is 5.76 Å². The number of hydrogen-bond donors (Lipinski definition) is 1. The number of halogens is 2. The Balaban J connectivity index is 2.15. The summed E-state index contributed by atoms with van der Waals surface area (Å²) in [6, 6.07) is 7.59. The number of furan rings is 1. The van der Waals surface area contributed by atoms with Crippen molar-refractivity contribution in [3.8, 4) is 0 Å². The molecule has 0 radical (unpaired) electrons. The maximum atomic E-state index is 12.3. The molecular weight excluding hydrogens is 363 g/mol. The largest absolute Gasteiger partial charge is 0.438 e. The average Bonchev–Trinajstić information content (AvgIpc) is 3.00. The zero-order valence-electron chi connectivity index (χ0n) is 12.3. The van der Waals surface area contributed by atoms with Crippen molar-refractivity contribution in [1.82, 2.24) is 9.62 Å². The number of hydrogen-bond acceptors (Lipinski definition) is 4. The molecule has 6 nitrogen and oxygen atoms in total. The molecule has 0 aliphatic heterocycles. The summed E-state index contributed by atoms with van der Waals surface area (Å²) in [4.78, 5) is 13.7. The summed E-state index contributed by atoms with van der Waals surface area (Å²) in [7, 11) is -0.897. The van der Waals surface area contributed by atoms with Crippen molar-refractivity contribution in [3.05, 3.63) is 51.7 Å². The summed E-state index contributed by atoms with van der Waals surface area (Å²) in [5.41, 5.74) is 0.782. The number of sulfonamides is 1. The van der Waals surface area contributed by atoms with Gasteiger partial charge >= 0.3 is 0 Å². The molecule has 0 saturated heterocycles. The number of carbonyl (C=O) groups excluding carboxylic acids is 1. The molecule has 1 amide bonds. The molecule has 0 atom stereocenters. The normalized spacial score (nSPS) is 11.5. The first-order valence-electron chi connectivity index (χ1n) is 6.47. The standard InChI is InChI=1S/C14H14Cl2N2O4S/c1-17-23(20,21)13-6-5-12(22-13)14(19)18(2)8-9-3-4-10(15)11(16)7-9/h3-7,17H,8H2,1-2H3. The van der Waals surface area contributed by atoms with Crippen LogP contribution in [0.4, 0.5) is 0 Å². The van der Waals surface area contributed by atoms with Crippen LogP contribution in [0.1, 0.15) is 16.1 Å². The highest BCUT2D eigenvalue weighted by Crippen LogP contribution is 2.23. The van der Waals surface area contributed by atoms with Crippen molar-refractivity contribution in [2.24, 2.45) is 0 Å². The van der Waals surface area contributed by atoms with Crippen LogP contribution < -0.4 is 4.72 Å². The minimum Gasteiger partial charge on any atom is -0.438 e. The maximum Gasteiger partial charge on any atom is 0.289 e. The highest BCUT2D eigenvalue weighted by molar-refractivity contribution is 7.89. The van der Waals surface area contributed by atoms with E-state index in [4.69, 9.17) is 27.6 Å². The topological polar surface area (TPSA) is 79.6 Å². The molecular formula is C14H14Cl2N2O4S. The van der Waals surface area contributed by atoms with E-state index in [0.29, 0.717) is 10.0 Å². The lowest BCUT2D eigenvalue weighted by Crippen LogP contribution is -2.26. The van der Waals surface area contributed by atoms with Crippen LogP contribution >= 0.6 is 23.2 Å². The van der Waals surface area contributed by atoms with Gasteiger partial charge in [0.05, 0.1) is 10.0 Å². The van der Waals surface area contributed by atoms with E-state index >= 15 is 0 Å². The van der Waals surface area contributed by atoms with Crippen LogP contribution in [-0.4, -0.2) is 33.3 Å². The van der Waals surface area contributed by atoms with Crippen molar-refractivity contribution in [2.45, 2.75) is 11.6 Å². The second-order valence-electron chi connectivity index (χ2n) is 4.74.